The van der Waals surface area contributed by atoms with Crippen LogP contribution in [-0.4, -0.2) is 51.7 Å². The van der Waals surface area contributed by atoms with Crippen LogP contribution >= 0.6 is 11.0 Å². The van der Waals surface area contributed by atoms with Gasteiger partial charge < -0.3 is 14.9 Å². The molecule has 0 saturated heterocycles. The zero-order chi connectivity index (χ0) is 15.7. The van der Waals surface area contributed by atoms with Crippen molar-refractivity contribution < 1.29 is 14.9 Å². The second kappa shape index (κ2) is 10.3. The van der Waals surface area contributed by atoms with Crippen molar-refractivity contribution in [2.45, 2.75) is 26.6 Å². The van der Waals surface area contributed by atoms with Gasteiger partial charge in [-0.1, -0.05) is 6.92 Å². The highest BCUT2D eigenvalue weighted by molar-refractivity contribution is 8.72. The van der Waals surface area contributed by atoms with Crippen molar-refractivity contribution in [1.82, 2.24) is 9.29 Å². The van der Waals surface area contributed by atoms with Crippen LogP contribution < -0.4 is 4.74 Å². The van der Waals surface area contributed by atoms with E-state index < -0.39 is 0 Å². The smallest absolute Gasteiger partial charge is 0.183 e. The highest BCUT2D eigenvalue weighted by Crippen LogP contribution is 2.19. The normalized spacial score (nSPS) is 11.4. The molecule has 0 radical (unpaired) electrons. The van der Waals surface area contributed by atoms with Gasteiger partial charge in [0.05, 0.1) is 28.8 Å². The van der Waals surface area contributed by atoms with Crippen molar-refractivity contribution in [3.8, 4) is 5.75 Å². The van der Waals surface area contributed by atoms with E-state index in [0.29, 0.717) is 33.7 Å². The van der Waals surface area contributed by atoms with Gasteiger partial charge in [-0.25, -0.2) is 9.29 Å². The lowest BCUT2D eigenvalue weighted by molar-refractivity contribution is 0.244. The molecule has 21 heavy (non-hydrogen) atoms. The maximum absolute atomic E-state index is 9.31. The molecular formula is C14H25N2O3S2+. The first-order valence-corrected chi connectivity index (χ1v) is 10.3. The molecular weight excluding hydrogens is 308 g/mol. The van der Waals surface area contributed by atoms with Crippen LogP contribution in [0.4, 0.5) is 0 Å². The van der Waals surface area contributed by atoms with Crippen LogP contribution in [0.5, 0.6) is 5.75 Å². The van der Waals surface area contributed by atoms with Crippen LogP contribution in [0, 0.1) is 0 Å². The molecule has 1 heterocycles. The van der Waals surface area contributed by atoms with Gasteiger partial charge in [0, 0.05) is 13.1 Å². The number of hydrogen-bond donors (Lipinski definition) is 2. The first kappa shape index (κ1) is 18.6. The topological polar surface area (TPSA) is 65.8 Å². The molecule has 5 nitrogen and oxygen atoms in total. The highest BCUT2D eigenvalue weighted by Gasteiger charge is 2.15. The summed E-state index contributed by atoms with van der Waals surface area (Å²) in [7, 11) is 2.16. The molecule has 2 N–H and O–H groups in total. The highest BCUT2D eigenvalue weighted by atomic mass is 33.1. The summed E-state index contributed by atoms with van der Waals surface area (Å²) < 4.78 is 8.05. The number of aliphatic hydroxyl groups excluding tert-OH is 2. The zero-order valence-corrected chi connectivity index (χ0v) is 14.5. The third-order valence-electron chi connectivity index (χ3n) is 2.63. The molecule has 1 aromatic heterocycles. The Hall–Kier alpha value is -0.470. The summed E-state index contributed by atoms with van der Waals surface area (Å²) in [5.74, 6) is 0.586. The van der Waals surface area contributed by atoms with Crippen molar-refractivity contribution in [1.29, 1.82) is 0 Å². The second-order valence-corrected chi connectivity index (χ2v) is 9.25. The summed E-state index contributed by atoms with van der Waals surface area (Å²) in [5.41, 5.74) is 1.01. The lowest BCUT2D eigenvalue weighted by Gasteiger charge is -2.17. The number of rotatable bonds is 10. The quantitative estimate of drug-likeness (QED) is 0.385. The van der Waals surface area contributed by atoms with E-state index in [4.69, 9.17) is 9.84 Å². The molecule has 0 spiro atoms. The number of aliphatic hydroxyl groups is 2. The largest absolute Gasteiger partial charge is 0.490 e. The Bertz CT molecular complexity index is 419. The summed E-state index contributed by atoms with van der Waals surface area (Å²) in [4.78, 5) is 4.15. The Kier molecular flexibility index (Phi) is 9.10. The third kappa shape index (κ3) is 6.88. The predicted molar refractivity (Wildman–Crippen MR) is 90.2 cm³/mol. The van der Waals surface area contributed by atoms with Crippen molar-refractivity contribution in [2.75, 3.05) is 32.2 Å². The number of ether oxygens (including phenoxy) is 1. The number of aromatic nitrogens is 1. The van der Waals surface area contributed by atoms with Gasteiger partial charge in [0.1, 0.15) is 30.6 Å². The van der Waals surface area contributed by atoms with Crippen LogP contribution in [-0.2, 0) is 23.1 Å². The molecule has 0 fully saturated rings. The summed E-state index contributed by atoms with van der Waals surface area (Å²) in [6.45, 7) is 4.26. The molecule has 1 rings (SSSR count). The summed E-state index contributed by atoms with van der Waals surface area (Å²) >= 11 is 0. The minimum atomic E-state index is -0.191. The lowest BCUT2D eigenvalue weighted by atomic mass is 10.3. The Labute approximate surface area is 133 Å². The van der Waals surface area contributed by atoms with Crippen LogP contribution in [0.25, 0.3) is 0 Å². The van der Waals surface area contributed by atoms with Crippen LogP contribution in [0.1, 0.15) is 24.7 Å². The molecule has 0 bridgehead atoms. The van der Waals surface area contributed by atoms with E-state index in [9.17, 15) is 5.11 Å². The molecule has 0 aromatic carbocycles. The van der Waals surface area contributed by atoms with E-state index >= 15 is 0 Å². The first-order chi connectivity index (χ1) is 10.1. The first-order valence-electron chi connectivity index (χ1n) is 6.95. The maximum Gasteiger partial charge on any atom is 0.183 e. The van der Waals surface area contributed by atoms with E-state index in [2.05, 4.69) is 28.7 Å². The Balaban J connectivity index is 2.53. The monoisotopic (exact) mass is 333 g/mol. The summed E-state index contributed by atoms with van der Waals surface area (Å²) in [6, 6.07) is 3.47. The fourth-order valence-corrected chi connectivity index (χ4v) is 4.31. The van der Waals surface area contributed by atoms with Gasteiger partial charge >= 0.3 is 0 Å². The number of hydrogen-bond acceptors (Lipinski definition) is 6. The average Bonchev–Trinajstić information content (AvgIpc) is 2.47. The summed E-state index contributed by atoms with van der Waals surface area (Å²) in [6.07, 6.45) is 5.52. The molecule has 1 aromatic rings. The molecule has 0 atom stereocenters. The maximum atomic E-state index is 9.31. The predicted octanol–water partition coefficient (Wildman–Crippen LogP) is 1.60. The standard InChI is InChI=1S/C14H25N2O3S2/c1-4-7-16(20-21(2)3)8-9-19-14-6-5-12(10-17)15-13(14)11-18/h5-6,17-18H,4,7-11H2,1-3H3/q+1. The molecule has 0 amide bonds. The van der Waals surface area contributed by atoms with Crippen molar-refractivity contribution in [3.05, 3.63) is 23.5 Å². The molecule has 120 valence electrons. The Morgan fingerprint density at radius 1 is 1.24 bits per heavy atom. The van der Waals surface area contributed by atoms with Crippen molar-refractivity contribution in [3.63, 3.8) is 0 Å². The van der Waals surface area contributed by atoms with Gasteiger partial charge in [0.25, 0.3) is 0 Å². The van der Waals surface area contributed by atoms with Gasteiger partial charge in [0.15, 0.2) is 11.0 Å². The zero-order valence-electron chi connectivity index (χ0n) is 12.9. The van der Waals surface area contributed by atoms with Gasteiger partial charge in [-0.3, -0.25) is 0 Å². The minimum Gasteiger partial charge on any atom is -0.490 e. The SMILES string of the molecule is CCCN(CCOc1ccc(CO)nc1CO)S[S+](C)C. The third-order valence-corrected chi connectivity index (χ3v) is 5.03. The fraction of sp³-hybridized carbons (Fsp3) is 0.643. The van der Waals surface area contributed by atoms with E-state index in [1.807, 2.05) is 11.0 Å². The Morgan fingerprint density at radius 2 is 2.00 bits per heavy atom. The molecule has 0 aliphatic carbocycles. The molecule has 7 heteroatoms. The van der Waals surface area contributed by atoms with E-state index in [0.717, 1.165) is 19.5 Å². The molecule has 0 saturated carbocycles. The van der Waals surface area contributed by atoms with Crippen LogP contribution in [0.3, 0.4) is 0 Å². The number of pyridine rings is 1. The van der Waals surface area contributed by atoms with Crippen molar-refractivity contribution >= 4 is 20.9 Å². The Morgan fingerprint density at radius 3 is 2.57 bits per heavy atom. The lowest BCUT2D eigenvalue weighted by Crippen LogP contribution is -2.24. The number of nitrogens with zero attached hydrogens (tertiary/aromatic N) is 2. The van der Waals surface area contributed by atoms with Gasteiger partial charge in [-0.05, 0) is 18.6 Å². The average molecular weight is 333 g/mol. The fourth-order valence-electron chi connectivity index (χ4n) is 1.77. The summed E-state index contributed by atoms with van der Waals surface area (Å²) in [5, 5.41) is 18.4. The van der Waals surface area contributed by atoms with E-state index in [-0.39, 0.29) is 13.2 Å². The van der Waals surface area contributed by atoms with Crippen molar-refractivity contribution in [2.24, 2.45) is 0 Å². The van der Waals surface area contributed by atoms with Gasteiger partial charge in [-0.2, -0.15) is 0 Å². The van der Waals surface area contributed by atoms with Crippen LogP contribution in [0.2, 0.25) is 0 Å². The van der Waals surface area contributed by atoms with E-state index in [1.54, 1.807) is 12.1 Å². The van der Waals surface area contributed by atoms with Crippen LogP contribution in [0.15, 0.2) is 12.1 Å². The minimum absolute atomic E-state index is 0.135. The molecule has 0 aliphatic heterocycles. The molecule has 0 aliphatic rings. The van der Waals surface area contributed by atoms with Gasteiger partial charge in [0.2, 0.25) is 0 Å². The van der Waals surface area contributed by atoms with E-state index in [1.165, 1.54) is 0 Å². The van der Waals surface area contributed by atoms with Gasteiger partial charge in [-0.15, -0.1) is 0 Å². The second-order valence-electron chi connectivity index (χ2n) is 4.66. The molecule has 0 unspecified atom stereocenters.